The molecule has 23 heavy (non-hydrogen) atoms. The van der Waals surface area contributed by atoms with Crippen molar-refractivity contribution in [2.75, 3.05) is 19.7 Å². The Morgan fingerprint density at radius 2 is 2.22 bits per heavy atom. The summed E-state index contributed by atoms with van der Waals surface area (Å²) in [5, 5.41) is 0. The lowest BCUT2D eigenvalue weighted by Crippen LogP contribution is -2.54. The summed E-state index contributed by atoms with van der Waals surface area (Å²) < 4.78 is 5.79. The van der Waals surface area contributed by atoms with E-state index in [1.54, 1.807) is 0 Å². The SMILES string of the molecule is CC12CC(C(=O)N3CCCC(c4cccc(C=O)c4)C3)(CO1)C2. The van der Waals surface area contributed by atoms with Gasteiger partial charge in [0.15, 0.2) is 0 Å². The summed E-state index contributed by atoms with van der Waals surface area (Å²) in [5.41, 5.74) is 1.58. The molecular formula is C19H23NO3. The van der Waals surface area contributed by atoms with Crippen LogP contribution in [0.3, 0.4) is 0 Å². The van der Waals surface area contributed by atoms with Gasteiger partial charge in [-0.05, 0) is 44.2 Å². The van der Waals surface area contributed by atoms with E-state index in [0.717, 1.165) is 45.1 Å². The van der Waals surface area contributed by atoms with Crippen molar-refractivity contribution < 1.29 is 14.3 Å². The minimum Gasteiger partial charge on any atom is -0.374 e. The molecule has 4 fully saturated rings. The van der Waals surface area contributed by atoms with Gasteiger partial charge < -0.3 is 9.64 Å². The molecule has 1 atom stereocenters. The van der Waals surface area contributed by atoms with Crippen LogP contribution < -0.4 is 0 Å². The van der Waals surface area contributed by atoms with Gasteiger partial charge in [-0.2, -0.15) is 0 Å². The maximum Gasteiger partial charge on any atom is 0.231 e. The number of piperidine rings is 1. The van der Waals surface area contributed by atoms with Gasteiger partial charge in [0.2, 0.25) is 5.91 Å². The normalized spacial score (nSPS) is 35.7. The van der Waals surface area contributed by atoms with Crippen LogP contribution >= 0.6 is 0 Å². The molecular weight excluding hydrogens is 290 g/mol. The van der Waals surface area contributed by atoms with Gasteiger partial charge >= 0.3 is 0 Å². The van der Waals surface area contributed by atoms with Crippen molar-refractivity contribution in [3.8, 4) is 0 Å². The third-order valence-electron chi connectivity index (χ3n) is 5.80. The molecule has 1 saturated carbocycles. The Bertz CT molecular complexity index is 648. The van der Waals surface area contributed by atoms with Gasteiger partial charge in [0.05, 0.1) is 17.6 Å². The largest absolute Gasteiger partial charge is 0.374 e. The average molecular weight is 313 g/mol. The lowest BCUT2D eigenvalue weighted by molar-refractivity contribution is -0.147. The maximum atomic E-state index is 13.0. The first kappa shape index (κ1) is 14.9. The van der Waals surface area contributed by atoms with Crippen LogP contribution in [0.2, 0.25) is 0 Å². The van der Waals surface area contributed by atoms with Crippen LogP contribution in [0.5, 0.6) is 0 Å². The van der Waals surface area contributed by atoms with Crippen molar-refractivity contribution in [3.05, 3.63) is 35.4 Å². The Hall–Kier alpha value is -1.68. The summed E-state index contributed by atoms with van der Waals surface area (Å²) >= 11 is 0. The van der Waals surface area contributed by atoms with E-state index in [0.29, 0.717) is 18.1 Å². The first-order chi connectivity index (χ1) is 11.0. The molecule has 1 unspecified atom stereocenters. The fourth-order valence-electron chi connectivity index (χ4n) is 4.76. The van der Waals surface area contributed by atoms with E-state index in [9.17, 15) is 9.59 Å². The maximum absolute atomic E-state index is 13.0. The van der Waals surface area contributed by atoms with Gasteiger partial charge in [0, 0.05) is 24.6 Å². The van der Waals surface area contributed by atoms with Crippen LogP contribution in [0.25, 0.3) is 0 Å². The minimum atomic E-state index is -0.249. The van der Waals surface area contributed by atoms with Crippen molar-refractivity contribution in [2.45, 2.75) is 44.1 Å². The third kappa shape index (κ3) is 2.40. The molecule has 122 valence electrons. The van der Waals surface area contributed by atoms with Crippen molar-refractivity contribution in [1.29, 1.82) is 0 Å². The van der Waals surface area contributed by atoms with Crippen LogP contribution in [0.4, 0.5) is 0 Å². The van der Waals surface area contributed by atoms with Crippen LogP contribution in [0, 0.1) is 5.41 Å². The number of rotatable bonds is 3. The predicted octanol–water partition coefficient (Wildman–Crippen LogP) is 2.77. The van der Waals surface area contributed by atoms with Gasteiger partial charge in [-0.15, -0.1) is 0 Å². The number of ether oxygens (including phenoxy) is 1. The van der Waals surface area contributed by atoms with Gasteiger partial charge in [-0.25, -0.2) is 0 Å². The minimum absolute atomic E-state index is 0.0524. The zero-order chi connectivity index (χ0) is 16.1. The number of carbonyl (C=O) groups excluding carboxylic acids is 2. The number of benzene rings is 1. The molecule has 0 radical (unpaired) electrons. The Labute approximate surface area is 136 Å². The van der Waals surface area contributed by atoms with Crippen molar-refractivity contribution in [3.63, 3.8) is 0 Å². The van der Waals surface area contributed by atoms with E-state index in [1.165, 1.54) is 5.56 Å². The number of fused-ring (bicyclic) bond motifs is 1. The quantitative estimate of drug-likeness (QED) is 0.806. The van der Waals surface area contributed by atoms with E-state index in [-0.39, 0.29) is 16.9 Å². The molecule has 1 amide bonds. The predicted molar refractivity (Wildman–Crippen MR) is 86.4 cm³/mol. The Morgan fingerprint density at radius 1 is 1.39 bits per heavy atom. The lowest BCUT2D eigenvalue weighted by atomic mass is 9.62. The van der Waals surface area contributed by atoms with Gasteiger partial charge in [0.25, 0.3) is 0 Å². The molecule has 0 N–H and O–H groups in total. The smallest absolute Gasteiger partial charge is 0.231 e. The second-order valence-electron chi connectivity index (χ2n) is 7.75. The molecule has 4 nitrogen and oxygen atoms in total. The summed E-state index contributed by atoms with van der Waals surface area (Å²) in [5.74, 6) is 0.612. The molecule has 2 bridgehead atoms. The fourth-order valence-corrected chi connectivity index (χ4v) is 4.76. The molecule has 0 aromatic heterocycles. The summed E-state index contributed by atoms with van der Waals surface area (Å²) in [6, 6.07) is 7.79. The molecule has 1 aromatic rings. The van der Waals surface area contributed by atoms with E-state index >= 15 is 0 Å². The topological polar surface area (TPSA) is 46.6 Å². The van der Waals surface area contributed by atoms with Crippen LogP contribution in [-0.2, 0) is 9.53 Å². The average Bonchev–Trinajstić information content (AvgIpc) is 3.09. The zero-order valence-corrected chi connectivity index (χ0v) is 13.6. The van der Waals surface area contributed by atoms with E-state index < -0.39 is 0 Å². The second-order valence-corrected chi connectivity index (χ2v) is 7.75. The van der Waals surface area contributed by atoms with Gasteiger partial charge in [-0.3, -0.25) is 9.59 Å². The molecule has 0 spiro atoms. The highest BCUT2D eigenvalue weighted by atomic mass is 16.5. The second kappa shape index (κ2) is 5.17. The first-order valence-electron chi connectivity index (χ1n) is 8.52. The summed E-state index contributed by atoms with van der Waals surface area (Å²) in [4.78, 5) is 26.0. The fraction of sp³-hybridized carbons (Fsp3) is 0.579. The van der Waals surface area contributed by atoms with Crippen LogP contribution in [0.15, 0.2) is 24.3 Å². The van der Waals surface area contributed by atoms with Crippen molar-refractivity contribution >= 4 is 12.2 Å². The summed E-state index contributed by atoms with van der Waals surface area (Å²) in [6.07, 6.45) is 4.74. The first-order valence-corrected chi connectivity index (χ1v) is 8.52. The molecule has 4 aliphatic rings. The van der Waals surface area contributed by atoms with Crippen LogP contribution in [-0.4, -0.2) is 42.4 Å². The number of nitrogens with zero attached hydrogens (tertiary/aromatic N) is 1. The number of carbonyl (C=O) groups is 2. The highest BCUT2D eigenvalue weighted by molar-refractivity contribution is 5.85. The third-order valence-corrected chi connectivity index (χ3v) is 5.80. The molecule has 3 aliphatic heterocycles. The van der Waals surface area contributed by atoms with Crippen LogP contribution in [0.1, 0.15) is 54.4 Å². The zero-order valence-electron chi connectivity index (χ0n) is 13.6. The number of hydrogen-bond donors (Lipinski definition) is 0. The summed E-state index contributed by atoms with van der Waals surface area (Å²) in [6.45, 7) is 4.31. The number of likely N-dealkylation sites (tertiary alicyclic amines) is 1. The number of aldehydes is 1. The van der Waals surface area contributed by atoms with Crippen molar-refractivity contribution in [1.82, 2.24) is 4.90 Å². The highest BCUT2D eigenvalue weighted by Crippen LogP contribution is 2.58. The molecule has 5 rings (SSSR count). The van der Waals surface area contributed by atoms with Crippen molar-refractivity contribution in [2.24, 2.45) is 5.41 Å². The Balaban J connectivity index is 1.49. The number of hydrogen-bond acceptors (Lipinski definition) is 3. The molecule has 3 heterocycles. The molecule has 1 aromatic carbocycles. The molecule has 3 saturated heterocycles. The summed E-state index contributed by atoms with van der Waals surface area (Å²) in [7, 11) is 0. The lowest BCUT2D eigenvalue weighted by Gasteiger charge is -2.45. The van der Waals surface area contributed by atoms with E-state index in [4.69, 9.17) is 4.74 Å². The number of amides is 1. The standard InChI is InChI=1S/C19H23NO3/c1-18-11-19(12-18,13-23-18)17(22)20-7-3-6-16(9-20)15-5-2-4-14(8-15)10-21/h2,4-5,8,10,16H,3,6-7,9,11-13H2,1H3. The molecule has 4 heteroatoms. The van der Waals surface area contributed by atoms with E-state index in [2.05, 4.69) is 13.0 Å². The van der Waals surface area contributed by atoms with E-state index in [1.807, 2.05) is 23.1 Å². The monoisotopic (exact) mass is 313 g/mol. The van der Waals surface area contributed by atoms with Gasteiger partial charge in [0.1, 0.15) is 6.29 Å². The highest BCUT2D eigenvalue weighted by Gasteiger charge is 2.64. The molecule has 1 aliphatic carbocycles. The Kier molecular flexibility index (Phi) is 3.34. The van der Waals surface area contributed by atoms with Gasteiger partial charge in [-0.1, -0.05) is 18.2 Å². The Morgan fingerprint density at radius 3 is 2.91 bits per heavy atom.